The van der Waals surface area contributed by atoms with Crippen molar-refractivity contribution >= 4 is 38.7 Å². The summed E-state index contributed by atoms with van der Waals surface area (Å²) < 4.78 is 23.1. The molecule has 0 atom stereocenters. The average Bonchev–Trinajstić information content (AvgIpc) is 3.18. The van der Waals surface area contributed by atoms with Gasteiger partial charge in [0.1, 0.15) is 0 Å². The molecule has 2 aliphatic heterocycles. The molecule has 2 aromatic rings. The largest absolute Gasteiger partial charge is 0.339 e. The van der Waals surface area contributed by atoms with Crippen LogP contribution in [0.2, 0.25) is 5.02 Å². The van der Waals surface area contributed by atoms with Crippen LogP contribution in [0.3, 0.4) is 0 Å². The molecule has 1 aromatic carbocycles. The maximum Gasteiger partial charge on any atom is 0.236 e. The Bertz CT molecular complexity index is 986. The lowest BCUT2D eigenvalue weighted by atomic mass is 10.2. The molecule has 1 amide bonds. The van der Waals surface area contributed by atoms with E-state index in [0.29, 0.717) is 32.7 Å². The lowest BCUT2D eigenvalue weighted by Crippen LogP contribution is -2.52. The Hall–Kier alpha value is -1.45. The number of thiophene rings is 1. The molecule has 1 aromatic heterocycles. The first-order chi connectivity index (χ1) is 14.4. The van der Waals surface area contributed by atoms with Gasteiger partial charge in [-0.3, -0.25) is 14.6 Å². The van der Waals surface area contributed by atoms with Gasteiger partial charge in [0.25, 0.3) is 0 Å². The van der Waals surface area contributed by atoms with Gasteiger partial charge in [0, 0.05) is 66.2 Å². The van der Waals surface area contributed by atoms with Crippen LogP contribution in [0, 0.1) is 0 Å². The predicted octanol–water partition coefficient (Wildman–Crippen LogP) is 2.44. The number of hydrogen-bond donors (Lipinski definition) is 0. The van der Waals surface area contributed by atoms with Gasteiger partial charge in [0.2, 0.25) is 5.91 Å². The summed E-state index contributed by atoms with van der Waals surface area (Å²) in [7, 11) is -2.91. The number of nitrogens with zero attached hydrogens (tertiary/aromatic N) is 3. The number of benzene rings is 1. The lowest BCUT2D eigenvalue weighted by molar-refractivity contribution is -0.134. The predicted molar refractivity (Wildman–Crippen MR) is 122 cm³/mol. The highest BCUT2D eigenvalue weighted by atomic mass is 35.5. The number of piperazine rings is 1. The summed E-state index contributed by atoms with van der Waals surface area (Å²) in [6.45, 7) is 5.24. The number of hydrogen-bond acceptors (Lipinski definition) is 6. The molecule has 2 saturated heterocycles. The molecule has 0 unspecified atom stereocenters. The van der Waals surface area contributed by atoms with Gasteiger partial charge in [-0.1, -0.05) is 29.8 Å². The fraction of sp³-hybridized carbons (Fsp3) is 0.476. The molecular formula is C21H26ClN3O3S2. The van der Waals surface area contributed by atoms with Crippen molar-refractivity contribution in [1.82, 2.24) is 14.7 Å². The maximum atomic E-state index is 12.6. The first kappa shape index (κ1) is 21.8. The molecule has 162 valence electrons. The topological polar surface area (TPSA) is 60.9 Å². The quantitative estimate of drug-likeness (QED) is 0.676. The van der Waals surface area contributed by atoms with E-state index in [1.807, 2.05) is 34.1 Å². The Morgan fingerprint density at radius 2 is 1.63 bits per heavy atom. The van der Waals surface area contributed by atoms with E-state index in [1.165, 1.54) is 9.75 Å². The Morgan fingerprint density at radius 3 is 2.33 bits per heavy atom. The third-order valence-electron chi connectivity index (χ3n) is 5.70. The summed E-state index contributed by atoms with van der Waals surface area (Å²) in [5, 5.41) is 0.768. The molecule has 30 heavy (non-hydrogen) atoms. The molecule has 9 heteroatoms. The van der Waals surface area contributed by atoms with Crippen molar-refractivity contribution in [2.75, 3.05) is 57.3 Å². The molecule has 0 radical (unpaired) electrons. The van der Waals surface area contributed by atoms with Crippen molar-refractivity contribution in [1.29, 1.82) is 0 Å². The number of amides is 1. The van der Waals surface area contributed by atoms with Gasteiger partial charge in [-0.2, -0.15) is 0 Å². The van der Waals surface area contributed by atoms with Crippen molar-refractivity contribution in [2.45, 2.75) is 6.54 Å². The van der Waals surface area contributed by atoms with E-state index in [0.717, 1.165) is 30.2 Å². The van der Waals surface area contributed by atoms with Gasteiger partial charge in [-0.05, 0) is 18.2 Å². The highest BCUT2D eigenvalue weighted by Gasteiger charge is 2.26. The van der Waals surface area contributed by atoms with Crippen molar-refractivity contribution in [3.05, 3.63) is 46.3 Å². The van der Waals surface area contributed by atoms with Gasteiger partial charge < -0.3 is 4.90 Å². The molecule has 0 spiro atoms. The third-order valence-corrected chi connectivity index (χ3v) is 8.74. The van der Waals surface area contributed by atoms with E-state index in [2.05, 4.69) is 17.0 Å². The molecular weight excluding hydrogens is 442 g/mol. The number of halogens is 1. The van der Waals surface area contributed by atoms with Crippen molar-refractivity contribution in [3.63, 3.8) is 0 Å². The fourth-order valence-electron chi connectivity index (χ4n) is 3.84. The number of carbonyl (C=O) groups is 1. The smallest absolute Gasteiger partial charge is 0.236 e. The van der Waals surface area contributed by atoms with E-state index in [-0.39, 0.29) is 17.4 Å². The Labute approximate surface area is 187 Å². The molecule has 6 nitrogen and oxygen atoms in total. The van der Waals surface area contributed by atoms with Crippen molar-refractivity contribution in [3.8, 4) is 10.4 Å². The summed E-state index contributed by atoms with van der Waals surface area (Å²) in [5.74, 6) is 0.418. The summed E-state index contributed by atoms with van der Waals surface area (Å²) in [4.78, 5) is 21.3. The molecule has 2 aliphatic rings. The summed E-state index contributed by atoms with van der Waals surface area (Å²) in [5.41, 5.74) is 1.07. The third kappa shape index (κ3) is 5.42. The molecule has 0 N–H and O–H groups in total. The summed E-state index contributed by atoms with van der Waals surface area (Å²) >= 11 is 8.08. The molecule has 2 fully saturated rings. The maximum absolute atomic E-state index is 12.6. The standard InChI is InChI=1S/C21H26ClN3O3S2/c22-19-4-2-1-3-18(19)20-6-5-17(29-20)15-23-7-9-25(10-8-23)21(26)16-24-11-13-30(27,28)14-12-24/h1-6H,7-16H2. The van der Waals surface area contributed by atoms with Crippen molar-refractivity contribution in [2.24, 2.45) is 0 Å². The number of rotatable bonds is 5. The zero-order valence-corrected chi connectivity index (χ0v) is 19.2. The van der Waals surface area contributed by atoms with Crippen LogP contribution in [-0.2, 0) is 21.2 Å². The van der Waals surface area contributed by atoms with Crippen LogP contribution < -0.4 is 0 Å². The molecule has 0 bridgehead atoms. The molecule has 4 rings (SSSR count). The first-order valence-electron chi connectivity index (χ1n) is 10.2. The lowest BCUT2D eigenvalue weighted by Gasteiger charge is -2.36. The summed E-state index contributed by atoms with van der Waals surface area (Å²) in [6, 6.07) is 12.2. The van der Waals surface area contributed by atoms with Crippen LogP contribution in [0.25, 0.3) is 10.4 Å². The van der Waals surface area contributed by atoms with Gasteiger partial charge in [0.15, 0.2) is 9.84 Å². The summed E-state index contributed by atoms with van der Waals surface area (Å²) in [6.07, 6.45) is 0. The molecule has 0 aliphatic carbocycles. The van der Waals surface area contributed by atoms with Gasteiger partial charge in [-0.15, -0.1) is 11.3 Å². The van der Waals surface area contributed by atoms with Crippen LogP contribution in [-0.4, -0.2) is 86.3 Å². The van der Waals surface area contributed by atoms with E-state index in [4.69, 9.17) is 11.6 Å². The Kier molecular flexibility index (Phi) is 6.79. The zero-order valence-electron chi connectivity index (χ0n) is 16.8. The molecule has 3 heterocycles. The minimum Gasteiger partial charge on any atom is -0.339 e. The number of carbonyl (C=O) groups excluding carboxylic acids is 1. The van der Waals surface area contributed by atoms with Gasteiger partial charge in [0.05, 0.1) is 18.1 Å². The van der Waals surface area contributed by atoms with Gasteiger partial charge in [-0.25, -0.2) is 8.42 Å². The van der Waals surface area contributed by atoms with Crippen LogP contribution in [0.4, 0.5) is 0 Å². The number of sulfone groups is 1. The van der Waals surface area contributed by atoms with Crippen LogP contribution in [0.5, 0.6) is 0 Å². The van der Waals surface area contributed by atoms with Gasteiger partial charge >= 0.3 is 0 Å². The minimum absolute atomic E-state index is 0.103. The average molecular weight is 468 g/mol. The van der Waals surface area contributed by atoms with Crippen molar-refractivity contribution < 1.29 is 13.2 Å². The van der Waals surface area contributed by atoms with E-state index in [1.54, 1.807) is 11.3 Å². The van der Waals surface area contributed by atoms with E-state index >= 15 is 0 Å². The SMILES string of the molecule is O=C(CN1CCS(=O)(=O)CC1)N1CCN(Cc2ccc(-c3ccccc3Cl)s2)CC1. The monoisotopic (exact) mass is 467 g/mol. The van der Waals surface area contributed by atoms with Crippen LogP contribution in [0.15, 0.2) is 36.4 Å². The highest BCUT2D eigenvalue weighted by Crippen LogP contribution is 2.33. The van der Waals surface area contributed by atoms with Crippen LogP contribution >= 0.6 is 22.9 Å². The highest BCUT2D eigenvalue weighted by molar-refractivity contribution is 7.91. The van der Waals surface area contributed by atoms with E-state index < -0.39 is 9.84 Å². The Balaban J connectivity index is 1.25. The Morgan fingerprint density at radius 1 is 0.933 bits per heavy atom. The first-order valence-corrected chi connectivity index (χ1v) is 13.2. The second-order valence-electron chi connectivity index (χ2n) is 7.83. The second kappa shape index (κ2) is 9.36. The van der Waals surface area contributed by atoms with Crippen LogP contribution in [0.1, 0.15) is 4.88 Å². The zero-order chi connectivity index (χ0) is 21.1. The minimum atomic E-state index is -2.91. The van der Waals surface area contributed by atoms with E-state index in [9.17, 15) is 13.2 Å². The fourth-order valence-corrected chi connectivity index (χ4v) is 6.50. The second-order valence-corrected chi connectivity index (χ2v) is 11.7. The molecule has 0 saturated carbocycles. The normalized spacial score (nSPS) is 20.4.